The number of halogens is 7. The minimum Gasteiger partial charge on any atom is -0.379 e. The van der Waals surface area contributed by atoms with Crippen molar-refractivity contribution in [3.8, 4) is 23.7 Å². The number of hydrogen-bond acceptors (Lipinski definition) is 8. The molecule has 2 aromatic heterocycles. The molecule has 86 heavy (non-hydrogen) atoms. The van der Waals surface area contributed by atoms with Crippen molar-refractivity contribution in [2.45, 2.75) is 88.7 Å². The molecule has 4 heterocycles. The Kier molecular flexibility index (Phi) is 24.5. The zero-order chi connectivity index (χ0) is 64.7. The van der Waals surface area contributed by atoms with Crippen molar-refractivity contribution in [3.63, 3.8) is 0 Å². The molecule has 4 amide bonds. The Morgan fingerprint density at radius 2 is 1.07 bits per heavy atom. The third kappa shape index (κ3) is 17.4. The highest BCUT2D eigenvalue weighted by molar-refractivity contribution is 8.22. The summed E-state index contributed by atoms with van der Waals surface area (Å²) in [4.78, 5) is 56.9. The fourth-order valence-corrected chi connectivity index (χ4v) is 9.98. The van der Waals surface area contributed by atoms with Crippen LogP contribution >= 0.6 is 11.6 Å². The monoisotopic (exact) mass is 1150 g/mol. The summed E-state index contributed by atoms with van der Waals surface area (Å²) in [5, 5.41) is 9.26. The van der Waals surface area contributed by atoms with E-state index in [0.717, 1.165) is 37.8 Å². The number of fused-ring (bicyclic) bond motifs is 2. The molecule has 25 radical (unpaired) electrons. The van der Waals surface area contributed by atoms with Gasteiger partial charge in [0.25, 0.3) is 23.0 Å². The van der Waals surface area contributed by atoms with Crippen LogP contribution in [0.4, 0.5) is 58.9 Å². The van der Waals surface area contributed by atoms with Crippen molar-refractivity contribution >= 4 is 210 Å². The summed E-state index contributed by atoms with van der Waals surface area (Å²) in [6.45, 7) is 4.46. The molecular weight excluding hydrogens is 1110 g/mol. The van der Waals surface area contributed by atoms with E-state index in [2.05, 4.69) is 59.9 Å². The summed E-state index contributed by atoms with van der Waals surface area (Å²) < 4.78 is 88.7. The van der Waals surface area contributed by atoms with Crippen LogP contribution in [0.1, 0.15) is 73.2 Å². The number of nitrogens with one attached hydrogen (secondary N) is 5. The van der Waals surface area contributed by atoms with E-state index in [0.29, 0.717) is 25.2 Å². The first-order valence-corrected chi connectivity index (χ1v) is 27.2. The quantitative estimate of drug-likeness (QED) is 0.0294. The minimum atomic E-state index is -3.50. The predicted molar refractivity (Wildman–Crippen MR) is 355 cm³/mol. The van der Waals surface area contributed by atoms with Crippen molar-refractivity contribution < 1.29 is 35.9 Å². The Bertz CT molecular complexity index is 3330. The standard InChI is InChI=1S/C21H20F3N5O2.C16H14ClF3N2O.C5H7N3O.B23/c1-11-9-29(18(30)17(25)26-11)10-13-7-16-14(8-15(13)22)21(20(2,23)24,28-19(31)27-16)6-5-12-3-4-12;1-15(19,20)16(5-4-9-2-3-9)11-7-12(18)10(8-17)6-13(11)21-14(23)22-16;1-3-2-7-5(9)4(6)8-3;1-13-19(12)22(18(10)11)23(20(14(2)3)15(4)5)21(16(6)7)17(8)9/h7-9,12H,3-4,10H2,1-2H3,(H2,25,26)(H2,27,28,31);6-7,9H,2-3,8H2,1H3,(H2,21,22,23);2H,1H3,(H2,6,8)(H,7,9);/t21-;16-;;/m00../s1. The van der Waals surface area contributed by atoms with Gasteiger partial charge in [-0.05, 0) is 63.8 Å². The molecule has 9 N–H and O–H groups in total. The Labute approximate surface area is 522 Å². The van der Waals surface area contributed by atoms with Crippen LogP contribution in [0, 0.1) is 61.0 Å². The molecule has 44 heteroatoms. The number of nitrogen functional groups attached to an aromatic ring is 2. The molecule has 2 aromatic carbocycles. The molecular formula is C42H41B23ClF6N10O4. The lowest BCUT2D eigenvalue weighted by Gasteiger charge is -2.45. The minimum absolute atomic E-state index is 0.00132. The highest BCUT2D eigenvalue weighted by Gasteiger charge is 2.57. The molecule has 401 valence electrons. The van der Waals surface area contributed by atoms with Gasteiger partial charge >= 0.3 is 12.1 Å². The third-order valence-electron chi connectivity index (χ3n) is 14.4. The second kappa shape index (κ2) is 29.4. The van der Waals surface area contributed by atoms with Gasteiger partial charge in [0, 0.05) is 235 Å². The second-order valence-corrected chi connectivity index (χ2v) is 21.8. The lowest BCUT2D eigenvalue weighted by molar-refractivity contribution is -0.0468. The molecule has 0 bridgehead atoms. The van der Waals surface area contributed by atoms with E-state index in [1.807, 2.05) is 0 Å². The van der Waals surface area contributed by atoms with Gasteiger partial charge in [-0.25, -0.2) is 45.9 Å². The topological polar surface area (TPSA) is 215 Å². The number of urea groups is 2. The smallest absolute Gasteiger partial charge is 0.320 e. The Morgan fingerprint density at radius 3 is 1.43 bits per heavy atom. The van der Waals surface area contributed by atoms with E-state index in [-0.39, 0.29) is 75.1 Å². The summed E-state index contributed by atoms with van der Waals surface area (Å²) in [7, 11) is 71.4. The molecule has 14 nitrogen and oxygen atoms in total. The number of amides is 4. The largest absolute Gasteiger partial charge is 0.379 e. The van der Waals surface area contributed by atoms with Gasteiger partial charge in [-0.3, -0.25) is 9.59 Å². The number of hydrogen-bond donors (Lipinski definition) is 7. The number of carbonyl (C=O) groups excluding carboxylic acids is 2. The first kappa shape index (κ1) is 71.6. The van der Waals surface area contributed by atoms with Crippen LogP contribution in [0.15, 0.2) is 46.2 Å². The van der Waals surface area contributed by atoms with Gasteiger partial charge in [0.1, 0.15) is 11.6 Å². The average molecular weight is 1150 g/mol. The number of alkyl halides is 5. The van der Waals surface area contributed by atoms with Gasteiger partial charge < -0.3 is 42.3 Å². The second-order valence-electron chi connectivity index (χ2n) is 21.6. The first-order valence-electron chi connectivity index (χ1n) is 26.7. The van der Waals surface area contributed by atoms with E-state index < -0.39 is 116 Å². The number of nitrogens with two attached hydrogens (primary N) is 2. The molecule has 8 rings (SSSR count). The van der Waals surface area contributed by atoms with E-state index in [9.17, 15) is 41.1 Å². The molecule has 4 aliphatic rings. The fraction of sp³-hybridized carbons (Fsp3) is 0.381. The van der Waals surface area contributed by atoms with Crippen LogP contribution in [0.3, 0.4) is 0 Å². The summed E-state index contributed by atoms with van der Waals surface area (Å²) in [6.07, 6.45) is -1.82. The number of nitrogens with zero attached hydrogens (tertiary/aromatic N) is 3. The Morgan fingerprint density at radius 1 is 0.663 bits per heavy atom. The highest BCUT2D eigenvalue weighted by Crippen LogP contribution is 2.46. The lowest BCUT2D eigenvalue weighted by atomic mass is 8.36. The number of benzene rings is 2. The zero-order valence-corrected chi connectivity index (χ0v) is 48.2. The summed E-state index contributed by atoms with van der Waals surface area (Å²) in [5.74, 6) is 1.83. The van der Waals surface area contributed by atoms with E-state index in [1.54, 1.807) is 13.8 Å². The Hall–Kier alpha value is -5.18. The SMILES string of the molecule is CC(F)(F)[C@@]1(C#CC2CC2)NC(=O)Nc2cc(CCl)c(F)cc21.Cc1c[nH]c(=O)c(N)n1.Cc1cn(Cc2cc3c(cc2F)[C@@](C#CC2CC2)(C(C)(F)F)NC(=O)N3)c(=O)c(N)n1.[B][B]B([B])B(B([B])[B])B(B(B([B])[B])B([B])[B])B(B([B])[B])B([B])[B]. The highest BCUT2D eigenvalue weighted by atomic mass is 35.5. The van der Waals surface area contributed by atoms with Gasteiger partial charge in [-0.2, -0.15) is 0 Å². The van der Waals surface area contributed by atoms with Gasteiger partial charge in [0.15, 0.2) is 22.7 Å². The zero-order valence-electron chi connectivity index (χ0n) is 47.4. The van der Waals surface area contributed by atoms with Crippen LogP contribution in [0.25, 0.3) is 0 Å². The molecule has 2 fully saturated rings. The number of anilines is 4. The molecule has 2 atom stereocenters. The van der Waals surface area contributed by atoms with Crippen molar-refractivity contribution in [2.75, 3.05) is 22.1 Å². The normalized spacial score (nSPS) is 17.0. The lowest BCUT2D eigenvalue weighted by Crippen LogP contribution is -2.83. The van der Waals surface area contributed by atoms with E-state index >= 15 is 4.39 Å². The van der Waals surface area contributed by atoms with Crippen molar-refractivity contribution in [2.24, 2.45) is 11.8 Å². The van der Waals surface area contributed by atoms with Crippen LogP contribution < -0.4 is 43.9 Å². The maximum atomic E-state index is 15.0. The molecule has 0 spiro atoms. The summed E-state index contributed by atoms with van der Waals surface area (Å²) in [6, 6.07) is 2.72. The molecule has 2 aliphatic heterocycles. The van der Waals surface area contributed by atoms with Crippen LogP contribution in [0.5, 0.6) is 0 Å². The predicted octanol–water partition coefficient (Wildman–Crippen LogP) is -2.41. The number of carbonyl (C=O) groups is 2. The summed E-state index contributed by atoms with van der Waals surface area (Å²) >= 11 is 5.64. The number of aromatic amines is 1. The van der Waals surface area contributed by atoms with E-state index in [4.69, 9.17) is 116 Å². The molecule has 2 saturated carbocycles. The van der Waals surface area contributed by atoms with Gasteiger partial charge in [0.2, 0.25) is 0 Å². The number of aryl methyl sites for hydroxylation is 2. The van der Waals surface area contributed by atoms with Crippen molar-refractivity contribution in [1.82, 2.24) is 30.2 Å². The van der Waals surface area contributed by atoms with Crippen LogP contribution in [-0.2, 0) is 23.5 Å². The van der Waals surface area contributed by atoms with E-state index in [1.165, 1.54) is 36.2 Å². The van der Waals surface area contributed by atoms with Crippen LogP contribution in [0.2, 0.25) is 0 Å². The number of rotatable bonds is 15. The third-order valence-corrected chi connectivity index (χ3v) is 14.7. The fourth-order valence-electron chi connectivity index (χ4n) is 9.78. The van der Waals surface area contributed by atoms with Gasteiger partial charge in [-0.15, -0.1) is 11.6 Å². The van der Waals surface area contributed by atoms with Crippen molar-refractivity contribution in [1.29, 1.82) is 0 Å². The van der Waals surface area contributed by atoms with Gasteiger partial charge in [0.05, 0.1) is 23.8 Å². The maximum absolute atomic E-state index is 15.0. The average Bonchev–Trinajstić information content (AvgIpc) is 0.937. The maximum Gasteiger partial charge on any atom is 0.320 e. The van der Waals surface area contributed by atoms with Gasteiger partial charge in [-0.1, -0.05) is 23.7 Å². The molecule has 4 aromatic rings. The molecule has 0 saturated heterocycles. The first-order chi connectivity index (χ1) is 39.9. The van der Waals surface area contributed by atoms with Crippen molar-refractivity contribution in [3.05, 3.63) is 103 Å². The Balaban J connectivity index is 0.000000222. The molecule has 0 unspecified atom stereocenters. The summed E-state index contributed by atoms with van der Waals surface area (Å²) in [5.41, 5.74) is 6.29. The van der Waals surface area contributed by atoms with Crippen LogP contribution in [-0.4, -0.2) is 207 Å². The molecule has 2 aliphatic carbocycles. The number of aromatic nitrogens is 4. The number of H-pyrrole nitrogens is 1.